The van der Waals surface area contributed by atoms with Gasteiger partial charge < -0.3 is 5.32 Å². The lowest BCUT2D eigenvalue weighted by Gasteiger charge is -2.19. The highest BCUT2D eigenvalue weighted by molar-refractivity contribution is 6.46. The Labute approximate surface area is 183 Å². The third-order valence-corrected chi connectivity index (χ3v) is 6.11. The lowest BCUT2D eigenvalue weighted by atomic mass is 10.0. The van der Waals surface area contributed by atoms with E-state index in [2.05, 4.69) is 5.32 Å². The number of benzene rings is 3. The summed E-state index contributed by atoms with van der Waals surface area (Å²) in [6.45, 7) is 9.95. The van der Waals surface area contributed by atoms with Gasteiger partial charge >= 0.3 is 0 Å². The highest BCUT2D eigenvalue weighted by Crippen LogP contribution is 2.36. The van der Waals surface area contributed by atoms with Gasteiger partial charge in [0.25, 0.3) is 11.8 Å². The molecule has 0 saturated carbocycles. The van der Waals surface area contributed by atoms with Gasteiger partial charge in [-0.15, -0.1) is 0 Å². The zero-order valence-electron chi connectivity index (χ0n) is 18.5. The Hall–Kier alpha value is -3.66. The van der Waals surface area contributed by atoms with Crippen LogP contribution in [-0.2, 0) is 9.59 Å². The molecule has 0 fully saturated rings. The van der Waals surface area contributed by atoms with Crippen LogP contribution in [0.2, 0.25) is 0 Å². The van der Waals surface area contributed by atoms with E-state index in [-0.39, 0.29) is 11.8 Å². The van der Waals surface area contributed by atoms with E-state index in [0.717, 1.165) is 39.1 Å². The third-order valence-electron chi connectivity index (χ3n) is 6.11. The van der Waals surface area contributed by atoms with Crippen LogP contribution in [0.5, 0.6) is 0 Å². The number of rotatable bonds is 4. The summed E-state index contributed by atoms with van der Waals surface area (Å²) in [6.07, 6.45) is 0. The molecule has 1 aliphatic rings. The van der Waals surface area contributed by atoms with Crippen molar-refractivity contribution < 1.29 is 9.59 Å². The van der Waals surface area contributed by atoms with Crippen LogP contribution in [0.3, 0.4) is 0 Å². The van der Waals surface area contributed by atoms with E-state index in [0.29, 0.717) is 17.0 Å². The Kier molecular flexibility index (Phi) is 5.24. The van der Waals surface area contributed by atoms with Crippen LogP contribution in [0.4, 0.5) is 11.4 Å². The van der Waals surface area contributed by atoms with Crippen molar-refractivity contribution in [3.05, 3.63) is 99.7 Å². The first-order chi connectivity index (χ1) is 14.8. The maximum Gasteiger partial charge on any atom is 0.282 e. The molecule has 0 bridgehead atoms. The molecule has 0 saturated heterocycles. The largest absolute Gasteiger partial charge is 0.350 e. The second kappa shape index (κ2) is 7.88. The normalized spacial score (nSPS) is 13.9. The minimum Gasteiger partial charge on any atom is -0.350 e. The summed E-state index contributed by atoms with van der Waals surface area (Å²) >= 11 is 0. The summed E-state index contributed by atoms with van der Waals surface area (Å²) in [5.74, 6) is -0.648. The van der Waals surface area contributed by atoms with Crippen molar-refractivity contribution in [1.82, 2.24) is 0 Å². The molecular weight excluding hydrogens is 384 g/mol. The summed E-state index contributed by atoms with van der Waals surface area (Å²) in [5.41, 5.74) is 8.08. The Morgan fingerprint density at radius 3 is 1.97 bits per heavy atom. The Balaban J connectivity index is 1.88. The van der Waals surface area contributed by atoms with Crippen molar-refractivity contribution in [3.63, 3.8) is 0 Å². The summed E-state index contributed by atoms with van der Waals surface area (Å²) in [5, 5.41) is 3.29. The van der Waals surface area contributed by atoms with Gasteiger partial charge in [-0.2, -0.15) is 0 Å². The molecule has 0 radical (unpaired) electrons. The molecule has 2 amide bonds. The average molecular weight is 411 g/mol. The maximum absolute atomic E-state index is 13.6. The molecule has 1 aliphatic heterocycles. The van der Waals surface area contributed by atoms with Gasteiger partial charge in [-0.25, -0.2) is 4.90 Å². The Morgan fingerprint density at radius 2 is 1.29 bits per heavy atom. The van der Waals surface area contributed by atoms with Crippen molar-refractivity contribution >= 4 is 28.8 Å². The number of anilines is 2. The molecule has 0 atom stereocenters. The molecular formula is C27H26N2O2. The monoisotopic (exact) mass is 410 g/mol. The number of hydrogen-bond acceptors (Lipinski definition) is 3. The molecule has 156 valence electrons. The van der Waals surface area contributed by atoms with Gasteiger partial charge in [0.15, 0.2) is 0 Å². The first-order valence-corrected chi connectivity index (χ1v) is 10.4. The van der Waals surface area contributed by atoms with E-state index in [9.17, 15) is 9.59 Å². The van der Waals surface area contributed by atoms with Crippen molar-refractivity contribution in [2.45, 2.75) is 34.6 Å². The Morgan fingerprint density at radius 1 is 0.677 bits per heavy atom. The predicted molar refractivity (Wildman–Crippen MR) is 126 cm³/mol. The molecule has 4 nitrogen and oxygen atoms in total. The second-order valence-electron chi connectivity index (χ2n) is 8.15. The van der Waals surface area contributed by atoms with Crippen LogP contribution in [0.15, 0.2) is 66.4 Å². The average Bonchev–Trinajstić information content (AvgIpc) is 2.98. The van der Waals surface area contributed by atoms with Gasteiger partial charge in [-0.1, -0.05) is 54.1 Å². The molecule has 1 heterocycles. The molecule has 31 heavy (non-hydrogen) atoms. The molecule has 3 aromatic carbocycles. The maximum atomic E-state index is 13.6. The van der Waals surface area contributed by atoms with Gasteiger partial charge in [-0.3, -0.25) is 9.59 Å². The number of nitrogens with zero attached hydrogens (tertiary/aromatic N) is 1. The van der Waals surface area contributed by atoms with Crippen LogP contribution in [-0.4, -0.2) is 11.8 Å². The van der Waals surface area contributed by atoms with Crippen molar-refractivity contribution in [2.24, 2.45) is 0 Å². The molecule has 4 heteroatoms. The smallest absolute Gasteiger partial charge is 0.282 e. The summed E-state index contributed by atoms with van der Waals surface area (Å²) < 4.78 is 0. The highest BCUT2D eigenvalue weighted by Gasteiger charge is 2.41. The molecule has 4 rings (SSSR count). The van der Waals surface area contributed by atoms with E-state index in [1.807, 2.05) is 95.3 Å². The topological polar surface area (TPSA) is 49.4 Å². The highest BCUT2D eigenvalue weighted by atomic mass is 16.2. The number of nitrogens with one attached hydrogen (secondary N) is 1. The predicted octanol–water partition coefficient (Wildman–Crippen LogP) is 5.63. The van der Waals surface area contributed by atoms with Crippen LogP contribution >= 0.6 is 0 Å². The number of imide groups is 1. The van der Waals surface area contributed by atoms with E-state index >= 15 is 0 Å². The number of amides is 2. The molecule has 0 aromatic heterocycles. The van der Waals surface area contributed by atoms with E-state index in [1.165, 1.54) is 4.90 Å². The fourth-order valence-corrected chi connectivity index (χ4v) is 3.85. The van der Waals surface area contributed by atoms with Crippen LogP contribution in [0.25, 0.3) is 5.57 Å². The zero-order valence-corrected chi connectivity index (χ0v) is 18.5. The Bertz CT molecular complexity index is 1240. The van der Waals surface area contributed by atoms with Crippen molar-refractivity contribution in [1.29, 1.82) is 0 Å². The number of aryl methyl sites for hydroxylation is 3. The standard InChI is InChI=1S/C27H26N2O2/c1-16-12-14-21(15-13-16)24-25(28-22-10-6-8-17(2)19(22)4)27(31)29(26(24)30)23-11-7-9-18(3)20(23)5/h6-15,28H,1-5H3. The zero-order chi connectivity index (χ0) is 22.3. The van der Waals surface area contributed by atoms with Gasteiger partial charge in [0, 0.05) is 5.69 Å². The molecule has 1 N–H and O–H groups in total. The van der Waals surface area contributed by atoms with E-state index < -0.39 is 0 Å². The van der Waals surface area contributed by atoms with E-state index in [1.54, 1.807) is 0 Å². The molecule has 3 aromatic rings. The lowest BCUT2D eigenvalue weighted by molar-refractivity contribution is -0.120. The first-order valence-electron chi connectivity index (χ1n) is 10.4. The minimum atomic E-state index is -0.338. The molecule has 0 aliphatic carbocycles. The van der Waals surface area contributed by atoms with Gasteiger partial charge in [0.05, 0.1) is 11.3 Å². The number of carbonyl (C=O) groups is 2. The lowest BCUT2D eigenvalue weighted by Crippen LogP contribution is -2.33. The van der Waals surface area contributed by atoms with E-state index in [4.69, 9.17) is 0 Å². The van der Waals surface area contributed by atoms with Crippen LogP contribution in [0.1, 0.15) is 33.4 Å². The second-order valence-corrected chi connectivity index (χ2v) is 8.15. The van der Waals surface area contributed by atoms with Gasteiger partial charge in [0.1, 0.15) is 5.70 Å². The minimum absolute atomic E-state index is 0.309. The van der Waals surface area contributed by atoms with Crippen LogP contribution in [0, 0.1) is 34.6 Å². The summed E-state index contributed by atoms with van der Waals surface area (Å²) in [4.78, 5) is 28.5. The molecule has 0 spiro atoms. The number of hydrogen-bond donors (Lipinski definition) is 1. The summed E-state index contributed by atoms with van der Waals surface area (Å²) in [7, 11) is 0. The van der Waals surface area contributed by atoms with Gasteiger partial charge in [0.2, 0.25) is 0 Å². The van der Waals surface area contributed by atoms with Crippen molar-refractivity contribution in [3.8, 4) is 0 Å². The SMILES string of the molecule is Cc1ccc(C2=C(Nc3cccc(C)c3C)C(=O)N(c3cccc(C)c3C)C2=O)cc1. The first kappa shape index (κ1) is 20.6. The van der Waals surface area contributed by atoms with Gasteiger partial charge in [-0.05, 0) is 74.6 Å². The van der Waals surface area contributed by atoms with Crippen molar-refractivity contribution in [2.75, 3.05) is 10.2 Å². The number of carbonyl (C=O) groups excluding carboxylic acids is 2. The third kappa shape index (κ3) is 3.55. The summed E-state index contributed by atoms with van der Waals surface area (Å²) in [6, 6.07) is 19.3. The quantitative estimate of drug-likeness (QED) is 0.568. The fourth-order valence-electron chi connectivity index (χ4n) is 3.85. The molecule has 0 unspecified atom stereocenters. The van der Waals surface area contributed by atoms with Crippen LogP contribution < -0.4 is 10.2 Å². The fraction of sp³-hybridized carbons (Fsp3) is 0.185.